The Labute approximate surface area is 106 Å². The third kappa shape index (κ3) is 4.04. The molecule has 1 aromatic rings. The van der Waals surface area contributed by atoms with Gasteiger partial charge in [-0.05, 0) is 18.6 Å². The fourth-order valence-electron chi connectivity index (χ4n) is 1.31. The molecule has 0 aliphatic rings. The van der Waals surface area contributed by atoms with Crippen molar-refractivity contribution >= 4 is 17.8 Å². The zero-order chi connectivity index (χ0) is 13.5. The van der Waals surface area contributed by atoms with Crippen LogP contribution in [0.5, 0.6) is 0 Å². The Morgan fingerprint density at radius 2 is 1.72 bits per heavy atom. The van der Waals surface area contributed by atoms with Gasteiger partial charge in [-0.1, -0.05) is 6.07 Å². The van der Waals surface area contributed by atoms with Crippen LogP contribution >= 0.6 is 0 Å². The van der Waals surface area contributed by atoms with Gasteiger partial charge in [0.25, 0.3) is 0 Å². The molecular formula is C12H16N2O4. The van der Waals surface area contributed by atoms with E-state index >= 15 is 0 Å². The first-order chi connectivity index (χ1) is 8.56. The molecule has 98 valence electrons. The number of anilines is 1. The number of aryl methyl sites for hydroxylation is 1. The second kappa shape index (κ2) is 6.58. The highest BCUT2D eigenvalue weighted by Gasteiger charge is 2.16. The number of ether oxygens (including phenoxy) is 2. The van der Waals surface area contributed by atoms with E-state index in [-0.39, 0.29) is 13.1 Å². The molecule has 0 spiro atoms. The summed E-state index contributed by atoms with van der Waals surface area (Å²) in [4.78, 5) is 28.2. The van der Waals surface area contributed by atoms with Crippen molar-refractivity contribution < 1.29 is 19.1 Å². The normalized spacial score (nSPS) is 9.72. The maximum absolute atomic E-state index is 11.3. The highest BCUT2D eigenvalue weighted by atomic mass is 16.5. The van der Waals surface area contributed by atoms with Crippen LogP contribution in [0.4, 0.5) is 5.82 Å². The summed E-state index contributed by atoms with van der Waals surface area (Å²) in [5.74, 6) is -0.362. The molecule has 0 saturated carbocycles. The largest absolute Gasteiger partial charge is 0.468 e. The highest BCUT2D eigenvalue weighted by Crippen LogP contribution is 2.11. The predicted molar refractivity (Wildman–Crippen MR) is 65.2 cm³/mol. The topological polar surface area (TPSA) is 68.7 Å². The average molecular weight is 252 g/mol. The lowest BCUT2D eigenvalue weighted by molar-refractivity contribution is -0.140. The molecule has 6 heteroatoms. The molecule has 0 radical (unpaired) electrons. The summed E-state index contributed by atoms with van der Waals surface area (Å²) >= 11 is 0. The summed E-state index contributed by atoms with van der Waals surface area (Å²) in [6.07, 6.45) is 1.66. The summed E-state index contributed by atoms with van der Waals surface area (Å²) < 4.78 is 9.16. The van der Waals surface area contributed by atoms with Gasteiger partial charge in [-0.2, -0.15) is 0 Å². The number of hydrogen-bond donors (Lipinski definition) is 0. The monoisotopic (exact) mass is 252 g/mol. The number of pyridine rings is 1. The second-order valence-corrected chi connectivity index (χ2v) is 3.70. The smallest absolute Gasteiger partial charge is 0.325 e. The molecular weight excluding hydrogens is 236 g/mol. The van der Waals surface area contributed by atoms with Gasteiger partial charge >= 0.3 is 11.9 Å². The molecule has 0 bridgehead atoms. The summed E-state index contributed by atoms with van der Waals surface area (Å²) in [6.45, 7) is 1.80. The van der Waals surface area contributed by atoms with Crippen molar-refractivity contribution in [1.82, 2.24) is 4.98 Å². The van der Waals surface area contributed by atoms with Gasteiger partial charge in [0.15, 0.2) is 0 Å². The lowest BCUT2D eigenvalue weighted by Crippen LogP contribution is -2.36. The molecule has 1 heterocycles. The van der Waals surface area contributed by atoms with Crippen molar-refractivity contribution in [3.63, 3.8) is 0 Å². The van der Waals surface area contributed by atoms with E-state index in [1.807, 2.05) is 13.0 Å². The van der Waals surface area contributed by atoms with Crippen LogP contribution in [-0.4, -0.2) is 44.2 Å². The van der Waals surface area contributed by atoms with Crippen LogP contribution in [0.1, 0.15) is 5.56 Å². The van der Waals surface area contributed by atoms with Crippen molar-refractivity contribution in [3.05, 3.63) is 23.9 Å². The summed E-state index contributed by atoms with van der Waals surface area (Å²) in [5.41, 5.74) is 0.995. The molecule has 18 heavy (non-hydrogen) atoms. The van der Waals surface area contributed by atoms with Crippen molar-refractivity contribution in [1.29, 1.82) is 0 Å². The van der Waals surface area contributed by atoms with E-state index in [0.717, 1.165) is 5.56 Å². The van der Waals surface area contributed by atoms with Crippen LogP contribution in [0, 0.1) is 6.92 Å². The molecule has 0 saturated heterocycles. The summed E-state index contributed by atoms with van der Waals surface area (Å²) in [6, 6.07) is 3.59. The minimum absolute atomic E-state index is 0.0539. The quantitative estimate of drug-likeness (QED) is 0.712. The second-order valence-electron chi connectivity index (χ2n) is 3.70. The summed E-state index contributed by atoms with van der Waals surface area (Å²) in [7, 11) is 2.59. The van der Waals surface area contributed by atoms with E-state index in [9.17, 15) is 9.59 Å². The van der Waals surface area contributed by atoms with Crippen molar-refractivity contribution in [2.24, 2.45) is 0 Å². The Bertz CT molecular complexity index is 399. The molecule has 0 aromatic carbocycles. The predicted octanol–water partition coefficient (Wildman–Crippen LogP) is 0.542. The Hall–Kier alpha value is -2.11. The van der Waals surface area contributed by atoms with E-state index in [1.54, 1.807) is 12.3 Å². The number of carbonyl (C=O) groups excluding carboxylic acids is 2. The van der Waals surface area contributed by atoms with Gasteiger partial charge in [-0.25, -0.2) is 4.98 Å². The minimum atomic E-state index is -0.443. The molecule has 0 amide bonds. The molecule has 0 aliphatic carbocycles. The molecule has 0 atom stereocenters. The van der Waals surface area contributed by atoms with Crippen LogP contribution in [-0.2, 0) is 19.1 Å². The van der Waals surface area contributed by atoms with Gasteiger partial charge in [0.1, 0.15) is 18.9 Å². The van der Waals surface area contributed by atoms with Crippen LogP contribution in [0.25, 0.3) is 0 Å². The lowest BCUT2D eigenvalue weighted by atomic mass is 10.3. The van der Waals surface area contributed by atoms with Crippen molar-refractivity contribution in [2.45, 2.75) is 6.92 Å². The molecule has 1 aromatic heterocycles. The first-order valence-electron chi connectivity index (χ1n) is 5.38. The molecule has 1 rings (SSSR count). The van der Waals surface area contributed by atoms with Gasteiger partial charge in [-0.15, -0.1) is 0 Å². The zero-order valence-electron chi connectivity index (χ0n) is 10.7. The van der Waals surface area contributed by atoms with Gasteiger partial charge in [0.2, 0.25) is 0 Å². The van der Waals surface area contributed by atoms with E-state index in [0.29, 0.717) is 5.82 Å². The molecule has 6 nitrogen and oxygen atoms in total. The number of methoxy groups -OCH3 is 2. The van der Waals surface area contributed by atoms with Crippen molar-refractivity contribution in [3.8, 4) is 0 Å². The number of nitrogens with zero attached hydrogens (tertiary/aromatic N) is 2. The van der Waals surface area contributed by atoms with E-state index in [4.69, 9.17) is 0 Å². The number of rotatable bonds is 5. The fraction of sp³-hybridized carbons (Fsp3) is 0.417. The highest BCUT2D eigenvalue weighted by molar-refractivity contribution is 5.80. The number of carbonyl (C=O) groups is 2. The van der Waals surface area contributed by atoms with E-state index in [2.05, 4.69) is 14.5 Å². The van der Waals surface area contributed by atoms with Gasteiger partial charge in [-0.3, -0.25) is 9.59 Å². The maximum Gasteiger partial charge on any atom is 0.325 e. The van der Waals surface area contributed by atoms with Crippen LogP contribution in [0.2, 0.25) is 0 Å². The SMILES string of the molecule is COC(=O)CN(CC(=O)OC)c1ccc(C)cn1. The first-order valence-corrected chi connectivity index (χ1v) is 5.38. The third-order valence-corrected chi connectivity index (χ3v) is 2.32. The number of aromatic nitrogens is 1. The molecule has 0 unspecified atom stereocenters. The average Bonchev–Trinajstić information content (AvgIpc) is 2.38. The Morgan fingerprint density at radius 3 is 2.11 bits per heavy atom. The summed E-state index contributed by atoms with van der Waals surface area (Å²) in [5, 5.41) is 0. The Morgan fingerprint density at radius 1 is 1.17 bits per heavy atom. The van der Waals surface area contributed by atoms with Gasteiger partial charge in [0, 0.05) is 6.20 Å². The van der Waals surface area contributed by atoms with Crippen molar-refractivity contribution in [2.75, 3.05) is 32.2 Å². The minimum Gasteiger partial charge on any atom is -0.468 e. The fourth-order valence-corrected chi connectivity index (χ4v) is 1.31. The van der Waals surface area contributed by atoms with E-state index in [1.165, 1.54) is 19.1 Å². The Kier molecular flexibility index (Phi) is 5.10. The number of esters is 2. The third-order valence-electron chi connectivity index (χ3n) is 2.32. The first kappa shape index (κ1) is 14.0. The lowest BCUT2D eigenvalue weighted by Gasteiger charge is -2.20. The van der Waals surface area contributed by atoms with Gasteiger partial charge < -0.3 is 14.4 Å². The molecule has 0 N–H and O–H groups in total. The van der Waals surface area contributed by atoms with Gasteiger partial charge in [0.05, 0.1) is 14.2 Å². The zero-order valence-corrected chi connectivity index (χ0v) is 10.7. The molecule has 0 aliphatic heterocycles. The van der Waals surface area contributed by atoms with Crippen LogP contribution in [0.3, 0.4) is 0 Å². The van der Waals surface area contributed by atoms with Crippen LogP contribution < -0.4 is 4.90 Å². The molecule has 0 fully saturated rings. The Balaban J connectivity index is 2.85. The maximum atomic E-state index is 11.3. The standard InChI is InChI=1S/C12H16N2O4/c1-9-4-5-10(13-6-9)14(7-11(15)17-2)8-12(16)18-3/h4-6H,7-8H2,1-3H3. The van der Waals surface area contributed by atoms with E-state index < -0.39 is 11.9 Å². The van der Waals surface area contributed by atoms with Crippen LogP contribution in [0.15, 0.2) is 18.3 Å². The number of hydrogen-bond acceptors (Lipinski definition) is 6.